The molecular weight excluding hydrogens is 264 g/mol. The Morgan fingerprint density at radius 1 is 1.42 bits per heavy atom. The largest absolute Gasteiger partial charge is 0.493 e. The van der Waals surface area contributed by atoms with Crippen molar-refractivity contribution >= 4 is 17.3 Å². The van der Waals surface area contributed by atoms with E-state index in [-0.39, 0.29) is 0 Å². The minimum absolute atomic E-state index is 0.584. The van der Waals surface area contributed by atoms with Crippen molar-refractivity contribution in [3.63, 3.8) is 0 Å². The first-order valence-corrected chi connectivity index (χ1v) is 6.81. The molecule has 0 saturated carbocycles. The Morgan fingerprint density at radius 2 is 2.26 bits per heavy atom. The van der Waals surface area contributed by atoms with E-state index >= 15 is 0 Å². The lowest BCUT2D eigenvalue weighted by Crippen LogP contribution is -2.17. The lowest BCUT2D eigenvalue weighted by Gasteiger charge is -2.10. The van der Waals surface area contributed by atoms with Gasteiger partial charge in [-0.15, -0.1) is 0 Å². The van der Waals surface area contributed by atoms with Crippen molar-refractivity contribution in [1.29, 1.82) is 0 Å². The maximum absolute atomic E-state index is 5.98. The summed E-state index contributed by atoms with van der Waals surface area (Å²) in [6, 6.07) is 5.62. The molecule has 104 valence electrons. The Morgan fingerprint density at radius 3 is 3.05 bits per heavy atom. The molecule has 1 heterocycles. The molecule has 4 nitrogen and oxygen atoms in total. The number of ether oxygens (including phenoxy) is 1. The fourth-order valence-corrected chi connectivity index (χ4v) is 2.01. The van der Waals surface area contributed by atoms with Crippen molar-refractivity contribution in [3.05, 3.63) is 28.8 Å². The average molecular weight is 283 g/mol. The second-order valence-electron chi connectivity index (χ2n) is 4.77. The second kappa shape index (κ2) is 6.78. The van der Waals surface area contributed by atoms with Gasteiger partial charge in [-0.3, -0.25) is 0 Å². The highest BCUT2D eigenvalue weighted by Crippen LogP contribution is 2.27. The zero-order valence-corrected chi connectivity index (χ0v) is 12.1. The third-order valence-corrected chi connectivity index (χ3v) is 3.11. The number of hydrogen-bond acceptors (Lipinski definition) is 4. The number of benzene rings is 1. The summed E-state index contributed by atoms with van der Waals surface area (Å²) in [5, 5.41) is 4.93. The van der Waals surface area contributed by atoms with Gasteiger partial charge < -0.3 is 14.5 Å². The van der Waals surface area contributed by atoms with Crippen LogP contribution in [0, 0.1) is 0 Å². The smallest absolute Gasteiger partial charge is 0.129 e. The van der Waals surface area contributed by atoms with Crippen molar-refractivity contribution < 1.29 is 9.57 Å². The molecule has 0 bridgehead atoms. The van der Waals surface area contributed by atoms with Crippen LogP contribution in [0.5, 0.6) is 5.75 Å². The molecule has 2 rings (SSSR count). The lowest BCUT2D eigenvalue weighted by molar-refractivity contribution is 0.125. The summed E-state index contributed by atoms with van der Waals surface area (Å²) in [7, 11) is 4.01. The van der Waals surface area contributed by atoms with E-state index in [1.165, 1.54) is 0 Å². The highest BCUT2D eigenvalue weighted by atomic mass is 35.5. The molecule has 0 atom stereocenters. The van der Waals surface area contributed by atoms with E-state index in [1.54, 1.807) is 0 Å². The van der Waals surface area contributed by atoms with Crippen LogP contribution < -0.4 is 4.74 Å². The van der Waals surface area contributed by atoms with E-state index < -0.39 is 0 Å². The van der Waals surface area contributed by atoms with Crippen LogP contribution in [-0.2, 0) is 4.84 Å². The van der Waals surface area contributed by atoms with Crippen molar-refractivity contribution in [2.45, 2.75) is 12.8 Å². The molecule has 1 aliphatic rings. The fraction of sp³-hybridized carbons (Fsp3) is 0.500. The van der Waals surface area contributed by atoms with E-state index in [4.69, 9.17) is 21.2 Å². The Hall–Kier alpha value is -1.26. The molecule has 0 N–H and O–H groups in total. The molecular formula is C14H19ClN2O2. The molecule has 1 aromatic carbocycles. The Kier molecular flexibility index (Phi) is 5.05. The second-order valence-corrected chi connectivity index (χ2v) is 5.20. The minimum Gasteiger partial charge on any atom is -0.493 e. The summed E-state index contributed by atoms with van der Waals surface area (Å²) in [5.74, 6) is 0.792. The van der Waals surface area contributed by atoms with Gasteiger partial charge in [-0.05, 0) is 45.1 Å². The lowest BCUT2D eigenvalue weighted by atomic mass is 10.1. The minimum atomic E-state index is 0.584. The zero-order chi connectivity index (χ0) is 13.7. The van der Waals surface area contributed by atoms with Crippen molar-refractivity contribution in [1.82, 2.24) is 4.90 Å². The quantitative estimate of drug-likeness (QED) is 0.629. The average Bonchev–Trinajstić information content (AvgIpc) is 2.56. The molecule has 5 heteroatoms. The standard InChI is InChI=1S/C14H19ClN2O2/c1-17(2)7-9-19-16-13-4-3-8-18-14-10-11(15)5-6-12(13)14/h5-6,10H,3-4,7-9H2,1-2H3/b16-13+. The summed E-state index contributed by atoms with van der Waals surface area (Å²) in [4.78, 5) is 7.44. The summed E-state index contributed by atoms with van der Waals surface area (Å²) in [5.41, 5.74) is 1.91. The number of nitrogens with zero attached hydrogens (tertiary/aromatic N) is 2. The molecule has 1 aromatic rings. The summed E-state index contributed by atoms with van der Waals surface area (Å²) >= 11 is 5.98. The van der Waals surface area contributed by atoms with Gasteiger partial charge in [0.1, 0.15) is 12.4 Å². The predicted molar refractivity (Wildman–Crippen MR) is 77.2 cm³/mol. The van der Waals surface area contributed by atoms with Crippen LogP contribution in [0.15, 0.2) is 23.4 Å². The molecule has 19 heavy (non-hydrogen) atoms. The first-order valence-electron chi connectivity index (χ1n) is 6.43. The predicted octanol–water partition coefficient (Wildman–Crippen LogP) is 2.79. The monoisotopic (exact) mass is 282 g/mol. The van der Waals surface area contributed by atoms with Gasteiger partial charge in [0.05, 0.1) is 12.3 Å². The molecule has 0 aromatic heterocycles. The fourth-order valence-electron chi connectivity index (χ4n) is 1.85. The number of fused-ring (bicyclic) bond motifs is 1. The molecule has 0 radical (unpaired) electrons. The summed E-state index contributed by atoms with van der Waals surface area (Å²) in [6.07, 6.45) is 1.79. The van der Waals surface area contributed by atoms with Gasteiger partial charge in [0.25, 0.3) is 0 Å². The highest BCUT2D eigenvalue weighted by molar-refractivity contribution is 6.30. The van der Waals surface area contributed by atoms with Crippen LogP contribution in [0.2, 0.25) is 5.02 Å². The number of likely N-dealkylation sites (N-methyl/N-ethyl adjacent to an activating group) is 1. The number of oxime groups is 1. The van der Waals surface area contributed by atoms with Gasteiger partial charge in [-0.1, -0.05) is 16.8 Å². The molecule has 1 aliphatic heterocycles. The maximum Gasteiger partial charge on any atom is 0.129 e. The van der Waals surface area contributed by atoms with Crippen LogP contribution >= 0.6 is 11.6 Å². The summed E-state index contributed by atoms with van der Waals surface area (Å²) in [6.45, 7) is 2.12. The van der Waals surface area contributed by atoms with Crippen LogP contribution in [0.25, 0.3) is 0 Å². The van der Waals surface area contributed by atoms with Crippen LogP contribution in [0.1, 0.15) is 18.4 Å². The molecule has 0 aliphatic carbocycles. The van der Waals surface area contributed by atoms with Gasteiger partial charge in [-0.2, -0.15) is 0 Å². The molecule has 0 unspecified atom stereocenters. The summed E-state index contributed by atoms with van der Waals surface area (Å²) < 4.78 is 5.67. The van der Waals surface area contributed by atoms with Crippen LogP contribution in [0.3, 0.4) is 0 Å². The zero-order valence-electron chi connectivity index (χ0n) is 11.4. The molecule has 0 fully saturated rings. The molecule has 0 saturated heterocycles. The number of hydrogen-bond donors (Lipinski definition) is 0. The number of halogens is 1. The Bertz CT molecular complexity index is 461. The van der Waals surface area contributed by atoms with E-state index in [9.17, 15) is 0 Å². The first kappa shape index (κ1) is 14.2. The normalized spacial score (nSPS) is 16.9. The van der Waals surface area contributed by atoms with Gasteiger partial charge >= 0.3 is 0 Å². The third kappa shape index (κ3) is 4.11. The van der Waals surface area contributed by atoms with Crippen molar-refractivity contribution in [2.75, 3.05) is 33.9 Å². The van der Waals surface area contributed by atoms with E-state index in [0.29, 0.717) is 18.2 Å². The topological polar surface area (TPSA) is 34.1 Å². The Labute approximate surface area is 118 Å². The van der Waals surface area contributed by atoms with Gasteiger partial charge in [0.2, 0.25) is 0 Å². The SMILES string of the molecule is CN(C)CCO/N=C1\CCCOc2cc(Cl)ccc21. The molecule has 0 amide bonds. The van der Waals surface area contributed by atoms with Crippen molar-refractivity contribution in [3.8, 4) is 5.75 Å². The van der Waals surface area contributed by atoms with Crippen molar-refractivity contribution in [2.24, 2.45) is 5.16 Å². The van der Waals surface area contributed by atoms with E-state index in [1.807, 2.05) is 32.3 Å². The maximum atomic E-state index is 5.98. The van der Waals surface area contributed by atoms with Gasteiger partial charge in [-0.25, -0.2) is 0 Å². The van der Waals surface area contributed by atoms with Crippen LogP contribution in [0.4, 0.5) is 0 Å². The highest BCUT2D eigenvalue weighted by Gasteiger charge is 2.16. The van der Waals surface area contributed by atoms with Gasteiger partial charge in [0.15, 0.2) is 0 Å². The molecule has 0 spiro atoms. The van der Waals surface area contributed by atoms with E-state index in [2.05, 4.69) is 10.1 Å². The third-order valence-electron chi connectivity index (χ3n) is 2.87. The number of rotatable bonds is 4. The first-order chi connectivity index (χ1) is 9.16. The van der Waals surface area contributed by atoms with E-state index in [0.717, 1.165) is 36.4 Å². The Balaban J connectivity index is 2.10. The van der Waals surface area contributed by atoms with Crippen LogP contribution in [-0.4, -0.2) is 44.5 Å². The van der Waals surface area contributed by atoms with Gasteiger partial charge in [0, 0.05) is 17.1 Å².